The predicted octanol–water partition coefficient (Wildman–Crippen LogP) is 2.62. The molecule has 0 radical (unpaired) electrons. The van der Waals surface area contributed by atoms with Gasteiger partial charge in [-0.15, -0.1) is 0 Å². The van der Waals surface area contributed by atoms with Gasteiger partial charge in [0.2, 0.25) is 10.2 Å². The molecule has 0 heterocycles. The van der Waals surface area contributed by atoms with Gasteiger partial charge in [0.1, 0.15) is 6.17 Å². The summed E-state index contributed by atoms with van der Waals surface area (Å²) in [5.41, 5.74) is 0.380. The summed E-state index contributed by atoms with van der Waals surface area (Å²) in [6.45, 7) is 0. The largest absolute Gasteiger partial charge is 0.335 e. The highest BCUT2D eigenvalue weighted by molar-refractivity contribution is 9.10. The molecule has 0 spiro atoms. The lowest BCUT2D eigenvalue weighted by Gasteiger charge is -2.24. The molecule has 0 aromatic heterocycles. The van der Waals surface area contributed by atoms with Crippen molar-refractivity contribution >= 4 is 63.1 Å². The zero-order valence-corrected chi connectivity index (χ0v) is 12.6. The van der Waals surface area contributed by atoms with E-state index < -0.39 is 15.9 Å². The van der Waals surface area contributed by atoms with Gasteiger partial charge in [-0.2, -0.15) is 0 Å². The smallest absolute Gasteiger partial charge is 0.252 e. The van der Waals surface area contributed by atoms with Gasteiger partial charge in [0, 0.05) is 10.0 Å². The van der Waals surface area contributed by atoms with Crippen molar-refractivity contribution in [3.8, 4) is 0 Å². The molecule has 1 atom stereocenters. The molecule has 0 bridgehead atoms. The van der Waals surface area contributed by atoms with E-state index in [1.54, 1.807) is 24.3 Å². The van der Waals surface area contributed by atoms with Gasteiger partial charge in [-0.25, -0.2) is 0 Å². The highest BCUT2D eigenvalue weighted by Crippen LogP contribution is 2.29. The fourth-order valence-corrected chi connectivity index (χ4v) is 1.72. The maximum Gasteiger partial charge on any atom is 0.252 e. The second-order valence-corrected chi connectivity index (χ2v) is 6.52. The van der Waals surface area contributed by atoms with Crippen LogP contribution < -0.4 is 10.6 Å². The first-order chi connectivity index (χ1) is 8.34. The Hall–Kier alpha value is -0.490. The molecule has 1 unspecified atom stereocenters. The monoisotopic (exact) mass is 372 g/mol. The average Bonchev–Trinajstić information content (AvgIpc) is 2.28. The van der Waals surface area contributed by atoms with Crippen molar-refractivity contribution in [2.75, 3.05) is 0 Å². The lowest BCUT2D eigenvalue weighted by Crippen LogP contribution is -2.52. The van der Waals surface area contributed by atoms with Crippen molar-refractivity contribution in [3.05, 3.63) is 34.3 Å². The summed E-state index contributed by atoms with van der Waals surface area (Å²) in [7, 11) is 0. The minimum Gasteiger partial charge on any atom is -0.335 e. The molecule has 0 fully saturated rings. The van der Waals surface area contributed by atoms with Crippen molar-refractivity contribution in [1.82, 2.24) is 10.6 Å². The number of rotatable bonds is 4. The summed E-state index contributed by atoms with van der Waals surface area (Å²) in [6.07, 6.45) is -0.773. The molecule has 1 rings (SSSR count). The normalized spacial score (nSPS) is 12.7. The topological polar surface area (TPSA) is 58.2 Å². The van der Waals surface area contributed by atoms with E-state index in [1.165, 1.54) is 0 Å². The van der Waals surface area contributed by atoms with Gasteiger partial charge in [-0.05, 0) is 24.3 Å². The van der Waals surface area contributed by atoms with E-state index in [-0.39, 0.29) is 0 Å². The maximum atomic E-state index is 11.8. The Kier molecular flexibility index (Phi) is 5.72. The van der Waals surface area contributed by atoms with Crippen LogP contribution in [0, 0.1) is 0 Å². The minimum atomic E-state index is -1.84. The Balaban J connectivity index is 2.78. The third kappa shape index (κ3) is 4.65. The van der Waals surface area contributed by atoms with E-state index in [0.717, 1.165) is 4.47 Å². The van der Waals surface area contributed by atoms with E-state index in [4.69, 9.17) is 34.8 Å². The van der Waals surface area contributed by atoms with Crippen molar-refractivity contribution in [2.24, 2.45) is 0 Å². The van der Waals surface area contributed by atoms with E-state index in [2.05, 4.69) is 26.6 Å². The molecule has 0 saturated carbocycles. The highest BCUT2D eigenvalue weighted by Gasteiger charge is 2.33. The summed E-state index contributed by atoms with van der Waals surface area (Å²) in [5, 5.41) is 4.62. The third-order valence-corrected chi connectivity index (χ3v) is 3.13. The molecular formula is C10H8BrCl3N2O2. The number of carbonyl (C=O) groups is 2. The van der Waals surface area contributed by atoms with Gasteiger partial charge in [-0.1, -0.05) is 50.7 Å². The zero-order valence-electron chi connectivity index (χ0n) is 8.79. The molecule has 1 aromatic carbocycles. The van der Waals surface area contributed by atoms with Crippen LogP contribution in [0.3, 0.4) is 0 Å². The lowest BCUT2D eigenvalue weighted by atomic mass is 10.2. The van der Waals surface area contributed by atoms with Crippen LogP contribution in [0.1, 0.15) is 10.4 Å². The molecule has 2 N–H and O–H groups in total. The maximum absolute atomic E-state index is 11.8. The standard InChI is InChI=1S/C10H8BrCl3N2O2/c11-7-3-1-6(2-4-7)8(18)16-9(15-5-17)10(12,13)14/h1-5,9H,(H,15,17)(H,16,18). The molecule has 8 heteroatoms. The van der Waals surface area contributed by atoms with Crippen molar-refractivity contribution < 1.29 is 9.59 Å². The lowest BCUT2D eigenvalue weighted by molar-refractivity contribution is -0.110. The van der Waals surface area contributed by atoms with E-state index in [1.807, 2.05) is 0 Å². The number of amides is 2. The van der Waals surface area contributed by atoms with Crippen LogP contribution in [0.4, 0.5) is 0 Å². The first kappa shape index (κ1) is 15.6. The van der Waals surface area contributed by atoms with Gasteiger partial charge in [0.25, 0.3) is 5.91 Å². The van der Waals surface area contributed by atoms with Gasteiger partial charge in [-0.3, -0.25) is 9.59 Å². The zero-order chi connectivity index (χ0) is 13.8. The van der Waals surface area contributed by atoms with E-state index >= 15 is 0 Å². The summed E-state index contributed by atoms with van der Waals surface area (Å²) in [5.74, 6) is -0.465. The summed E-state index contributed by atoms with van der Waals surface area (Å²) in [4.78, 5) is 22.2. The molecule has 0 aliphatic carbocycles. The Morgan fingerprint density at radius 1 is 1.28 bits per heavy atom. The van der Waals surface area contributed by atoms with Crippen molar-refractivity contribution in [1.29, 1.82) is 0 Å². The number of halogens is 4. The quantitative estimate of drug-likeness (QED) is 0.484. The molecule has 4 nitrogen and oxygen atoms in total. The van der Waals surface area contributed by atoms with Gasteiger partial charge in [0.15, 0.2) is 0 Å². The second-order valence-electron chi connectivity index (χ2n) is 3.24. The van der Waals surface area contributed by atoms with Gasteiger partial charge < -0.3 is 10.6 Å². The van der Waals surface area contributed by atoms with Crippen LogP contribution in [-0.4, -0.2) is 22.3 Å². The van der Waals surface area contributed by atoms with Crippen LogP contribution in [0.5, 0.6) is 0 Å². The number of hydrogen-bond donors (Lipinski definition) is 2. The first-order valence-electron chi connectivity index (χ1n) is 4.67. The molecule has 18 heavy (non-hydrogen) atoms. The van der Waals surface area contributed by atoms with Gasteiger partial charge in [0.05, 0.1) is 0 Å². The number of hydrogen-bond acceptors (Lipinski definition) is 2. The number of carbonyl (C=O) groups excluding carboxylic acids is 2. The van der Waals surface area contributed by atoms with Crippen LogP contribution in [0.25, 0.3) is 0 Å². The third-order valence-electron chi connectivity index (χ3n) is 1.94. The van der Waals surface area contributed by atoms with Crippen LogP contribution in [0.2, 0.25) is 0 Å². The fraction of sp³-hybridized carbons (Fsp3) is 0.200. The fourth-order valence-electron chi connectivity index (χ4n) is 1.10. The molecule has 0 saturated heterocycles. The molecule has 2 amide bonds. The molecule has 0 aliphatic heterocycles. The summed E-state index contributed by atoms with van der Waals surface area (Å²) < 4.78 is -1.01. The van der Waals surface area contributed by atoms with Crippen LogP contribution in [0.15, 0.2) is 28.7 Å². The summed E-state index contributed by atoms with van der Waals surface area (Å²) in [6, 6.07) is 6.59. The minimum absolute atomic E-state index is 0.342. The van der Waals surface area contributed by atoms with E-state index in [9.17, 15) is 9.59 Å². The summed E-state index contributed by atoms with van der Waals surface area (Å²) >= 11 is 20.1. The molecule has 98 valence electrons. The van der Waals surface area contributed by atoms with E-state index in [0.29, 0.717) is 12.0 Å². The second kappa shape index (κ2) is 6.61. The number of alkyl halides is 3. The Labute approximate surface area is 127 Å². The molecule has 0 aliphatic rings. The Bertz CT molecular complexity index is 434. The van der Waals surface area contributed by atoms with Crippen molar-refractivity contribution in [3.63, 3.8) is 0 Å². The van der Waals surface area contributed by atoms with Crippen LogP contribution in [-0.2, 0) is 4.79 Å². The van der Waals surface area contributed by atoms with Crippen molar-refractivity contribution in [2.45, 2.75) is 9.96 Å². The average molecular weight is 374 g/mol. The molecular weight excluding hydrogens is 366 g/mol. The van der Waals surface area contributed by atoms with Crippen LogP contribution >= 0.6 is 50.7 Å². The highest BCUT2D eigenvalue weighted by atomic mass is 79.9. The first-order valence-corrected chi connectivity index (χ1v) is 6.60. The SMILES string of the molecule is O=CNC(NC(=O)c1ccc(Br)cc1)C(Cl)(Cl)Cl. The Morgan fingerprint density at radius 2 is 1.83 bits per heavy atom. The predicted molar refractivity (Wildman–Crippen MR) is 74.9 cm³/mol. The van der Waals surface area contributed by atoms with Gasteiger partial charge >= 0.3 is 0 Å². The molecule has 1 aromatic rings. The Morgan fingerprint density at radius 3 is 2.28 bits per heavy atom. The number of nitrogens with one attached hydrogen (secondary N) is 2. The number of benzene rings is 1.